The average molecular weight is 475 g/mol. The third-order valence-corrected chi connectivity index (χ3v) is 6.57. The third kappa shape index (κ3) is 5.80. The number of carboxylic acid groups (broad SMARTS) is 1. The largest absolute Gasteiger partial charge is 0.481 e. The number of aromatic nitrogens is 2. The van der Waals surface area contributed by atoms with Gasteiger partial charge >= 0.3 is 5.97 Å². The first kappa shape index (κ1) is 24.7. The number of hydrogen-bond acceptors (Lipinski definition) is 4. The van der Waals surface area contributed by atoms with E-state index < -0.39 is 5.97 Å². The van der Waals surface area contributed by atoms with Gasteiger partial charge < -0.3 is 10.4 Å². The molecule has 184 valence electrons. The van der Waals surface area contributed by atoms with Crippen LogP contribution in [-0.2, 0) is 16.9 Å². The fourth-order valence-corrected chi connectivity index (χ4v) is 4.71. The van der Waals surface area contributed by atoms with Crippen LogP contribution in [0, 0.1) is 11.8 Å². The Morgan fingerprint density at radius 1 is 1.09 bits per heavy atom. The molecule has 2 heterocycles. The normalized spacial score (nSPS) is 18.9. The van der Waals surface area contributed by atoms with Crippen LogP contribution in [0.2, 0.25) is 0 Å². The number of piperidine rings is 1. The van der Waals surface area contributed by atoms with Gasteiger partial charge in [-0.05, 0) is 69.0 Å². The fourth-order valence-electron chi connectivity index (χ4n) is 4.71. The Hall–Kier alpha value is -3.45. The van der Waals surface area contributed by atoms with E-state index >= 15 is 0 Å². The molecule has 1 fully saturated rings. The van der Waals surface area contributed by atoms with Gasteiger partial charge in [-0.1, -0.05) is 49.4 Å². The van der Waals surface area contributed by atoms with Gasteiger partial charge in [-0.15, -0.1) is 0 Å². The zero-order chi connectivity index (χ0) is 25.2. The van der Waals surface area contributed by atoms with E-state index in [0.717, 1.165) is 36.5 Å². The Morgan fingerprint density at radius 2 is 1.77 bits per heavy atom. The van der Waals surface area contributed by atoms with E-state index in [4.69, 9.17) is 0 Å². The average Bonchev–Trinajstić information content (AvgIpc) is 3.27. The molecule has 3 aromatic rings. The zero-order valence-electron chi connectivity index (χ0n) is 20.9. The number of likely N-dealkylation sites (tertiary alicyclic amines) is 1. The number of amides is 1. The molecule has 35 heavy (non-hydrogen) atoms. The van der Waals surface area contributed by atoms with Crippen molar-refractivity contribution in [3.63, 3.8) is 0 Å². The van der Waals surface area contributed by atoms with E-state index in [2.05, 4.69) is 36.1 Å². The predicted octanol–water partition coefficient (Wildman–Crippen LogP) is 5.10. The van der Waals surface area contributed by atoms with Crippen molar-refractivity contribution < 1.29 is 14.7 Å². The molecule has 1 aliphatic heterocycles. The van der Waals surface area contributed by atoms with Gasteiger partial charge in [0.15, 0.2) is 5.69 Å². The predicted molar refractivity (Wildman–Crippen MR) is 137 cm³/mol. The highest BCUT2D eigenvalue weighted by atomic mass is 16.4. The monoisotopic (exact) mass is 474 g/mol. The number of anilines is 1. The summed E-state index contributed by atoms with van der Waals surface area (Å²) in [5.41, 5.74) is 3.86. The van der Waals surface area contributed by atoms with Gasteiger partial charge in [0, 0.05) is 18.8 Å². The van der Waals surface area contributed by atoms with E-state index in [-0.39, 0.29) is 23.3 Å². The Bertz CT molecular complexity index is 1180. The molecular weight excluding hydrogens is 440 g/mol. The summed E-state index contributed by atoms with van der Waals surface area (Å²) < 4.78 is 1.90. The lowest BCUT2D eigenvalue weighted by Crippen LogP contribution is -2.41. The molecule has 7 heteroatoms. The molecule has 1 saturated heterocycles. The van der Waals surface area contributed by atoms with E-state index in [1.54, 1.807) is 0 Å². The van der Waals surface area contributed by atoms with Crippen LogP contribution in [0.15, 0.2) is 60.7 Å². The standard InChI is InChI=1S/C28H34N4O3/c1-19-17-31(15-14-23(19)27(34)35)18-20-10-12-22(13-11-20)29-26(33)24-16-25(21-8-6-5-7-9-21)32(30-24)28(2,3)4/h5-13,16,19,23H,14-15,17-18H2,1-4H3,(H,29,33)(H,34,35). The molecule has 0 saturated carbocycles. The third-order valence-electron chi connectivity index (χ3n) is 6.57. The summed E-state index contributed by atoms with van der Waals surface area (Å²) in [6.45, 7) is 10.5. The second-order valence-corrected chi connectivity index (χ2v) is 10.5. The van der Waals surface area contributed by atoms with Gasteiger partial charge in [-0.25, -0.2) is 0 Å². The molecule has 4 rings (SSSR count). The molecule has 2 aromatic carbocycles. The Balaban J connectivity index is 1.43. The van der Waals surface area contributed by atoms with Crippen LogP contribution >= 0.6 is 0 Å². The molecule has 2 unspecified atom stereocenters. The lowest BCUT2D eigenvalue weighted by molar-refractivity contribution is -0.145. The maximum Gasteiger partial charge on any atom is 0.306 e. The number of carbonyl (C=O) groups is 2. The highest BCUT2D eigenvalue weighted by Gasteiger charge is 2.31. The number of carboxylic acids is 1. The van der Waals surface area contributed by atoms with Gasteiger partial charge in [0.1, 0.15) is 0 Å². The molecule has 2 N–H and O–H groups in total. The summed E-state index contributed by atoms with van der Waals surface area (Å²) in [6, 6.07) is 19.6. The van der Waals surface area contributed by atoms with Crippen molar-refractivity contribution in [2.24, 2.45) is 11.8 Å². The van der Waals surface area contributed by atoms with Gasteiger partial charge in [-0.2, -0.15) is 5.10 Å². The van der Waals surface area contributed by atoms with Gasteiger partial charge in [0.2, 0.25) is 0 Å². The van der Waals surface area contributed by atoms with Crippen LogP contribution in [-0.4, -0.2) is 44.8 Å². The number of nitrogens with one attached hydrogen (secondary N) is 1. The highest BCUT2D eigenvalue weighted by Crippen LogP contribution is 2.27. The van der Waals surface area contributed by atoms with Crippen molar-refractivity contribution in [1.82, 2.24) is 14.7 Å². The zero-order valence-corrected chi connectivity index (χ0v) is 20.9. The van der Waals surface area contributed by atoms with Crippen molar-refractivity contribution in [3.8, 4) is 11.3 Å². The minimum Gasteiger partial charge on any atom is -0.481 e. The maximum absolute atomic E-state index is 13.0. The lowest BCUT2D eigenvalue weighted by atomic mass is 9.87. The molecular formula is C28H34N4O3. The summed E-state index contributed by atoms with van der Waals surface area (Å²) in [4.78, 5) is 26.7. The number of nitrogens with zero attached hydrogens (tertiary/aromatic N) is 3. The molecule has 2 atom stereocenters. The van der Waals surface area contributed by atoms with E-state index in [1.807, 2.05) is 72.3 Å². The first-order chi connectivity index (χ1) is 16.6. The topological polar surface area (TPSA) is 87.5 Å². The molecule has 7 nitrogen and oxygen atoms in total. The summed E-state index contributed by atoms with van der Waals surface area (Å²) in [5.74, 6) is -1.07. The van der Waals surface area contributed by atoms with E-state index in [1.165, 1.54) is 0 Å². The second-order valence-electron chi connectivity index (χ2n) is 10.5. The summed E-state index contributed by atoms with van der Waals surface area (Å²) >= 11 is 0. The van der Waals surface area contributed by atoms with Crippen molar-refractivity contribution in [1.29, 1.82) is 0 Å². The van der Waals surface area contributed by atoms with Crippen molar-refractivity contribution >= 4 is 17.6 Å². The maximum atomic E-state index is 13.0. The molecule has 0 spiro atoms. The molecule has 0 radical (unpaired) electrons. The number of aliphatic carboxylic acids is 1. The number of rotatable bonds is 6. The number of carbonyl (C=O) groups excluding carboxylic acids is 1. The second kappa shape index (κ2) is 10.0. The lowest BCUT2D eigenvalue weighted by Gasteiger charge is -2.34. The summed E-state index contributed by atoms with van der Waals surface area (Å²) in [5, 5.41) is 16.9. The number of hydrogen-bond donors (Lipinski definition) is 2. The smallest absolute Gasteiger partial charge is 0.306 e. The van der Waals surface area contributed by atoms with Crippen molar-refractivity contribution in [2.45, 2.75) is 46.2 Å². The molecule has 1 aromatic heterocycles. The Kier molecular flexibility index (Phi) is 7.08. The van der Waals surface area contributed by atoms with Crippen molar-refractivity contribution in [2.75, 3.05) is 18.4 Å². The van der Waals surface area contributed by atoms with Gasteiger partial charge in [0.05, 0.1) is 17.2 Å². The van der Waals surface area contributed by atoms with Crippen LogP contribution in [0.4, 0.5) is 5.69 Å². The molecule has 1 amide bonds. The van der Waals surface area contributed by atoms with E-state index in [9.17, 15) is 14.7 Å². The first-order valence-corrected chi connectivity index (χ1v) is 12.1. The van der Waals surface area contributed by atoms with Crippen LogP contribution < -0.4 is 5.32 Å². The first-order valence-electron chi connectivity index (χ1n) is 12.1. The Morgan fingerprint density at radius 3 is 2.37 bits per heavy atom. The van der Waals surface area contributed by atoms with Crippen molar-refractivity contribution in [3.05, 3.63) is 71.9 Å². The molecule has 1 aliphatic rings. The van der Waals surface area contributed by atoms with Crippen LogP contribution in [0.5, 0.6) is 0 Å². The molecule has 0 bridgehead atoms. The summed E-state index contributed by atoms with van der Waals surface area (Å²) in [7, 11) is 0. The highest BCUT2D eigenvalue weighted by molar-refractivity contribution is 6.03. The summed E-state index contributed by atoms with van der Waals surface area (Å²) in [6.07, 6.45) is 0.677. The van der Waals surface area contributed by atoms with Crippen LogP contribution in [0.1, 0.15) is 50.2 Å². The van der Waals surface area contributed by atoms with Gasteiger partial charge in [0.25, 0.3) is 5.91 Å². The Labute approximate surface area is 206 Å². The quantitative estimate of drug-likeness (QED) is 0.519. The minimum absolute atomic E-state index is 0.133. The molecule has 0 aliphatic carbocycles. The van der Waals surface area contributed by atoms with Crippen LogP contribution in [0.25, 0.3) is 11.3 Å². The fraction of sp³-hybridized carbons (Fsp3) is 0.393. The van der Waals surface area contributed by atoms with Gasteiger partial charge in [-0.3, -0.25) is 19.2 Å². The van der Waals surface area contributed by atoms with E-state index in [0.29, 0.717) is 17.8 Å². The minimum atomic E-state index is -0.694. The number of benzene rings is 2. The SMILES string of the molecule is CC1CN(Cc2ccc(NC(=O)c3cc(-c4ccccc4)n(C(C)(C)C)n3)cc2)CCC1C(=O)O. The van der Waals surface area contributed by atoms with Crippen LogP contribution in [0.3, 0.4) is 0 Å².